The lowest BCUT2D eigenvalue weighted by Gasteiger charge is -2.03. The number of hydrogen-bond acceptors (Lipinski definition) is 3. The maximum Gasteiger partial charge on any atom is 0.165 e. The number of aryl methyl sites for hydroxylation is 1. The normalized spacial score (nSPS) is 11.2. The maximum atomic E-state index is 13.8. The van der Waals surface area contributed by atoms with Gasteiger partial charge in [0, 0.05) is 10.3 Å². The van der Waals surface area contributed by atoms with Crippen LogP contribution in [0.15, 0.2) is 24.3 Å². The molecule has 20 heavy (non-hydrogen) atoms. The molecule has 3 aromatic rings. The molecule has 0 bridgehead atoms. The highest BCUT2D eigenvalue weighted by molar-refractivity contribution is 7.18. The first kappa shape index (κ1) is 13.4. The van der Waals surface area contributed by atoms with E-state index >= 15 is 0 Å². The fourth-order valence-corrected chi connectivity index (χ4v) is 3.15. The number of thiophene rings is 1. The zero-order chi connectivity index (χ0) is 14.3. The van der Waals surface area contributed by atoms with Crippen molar-refractivity contribution in [1.82, 2.24) is 9.97 Å². The number of rotatable bonds is 2. The fourth-order valence-electron chi connectivity index (χ4n) is 1.90. The number of hydrogen-bond donors (Lipinski definition) is 0. The molecule has 0 radical (unpaired) electrons. The quantitative estimate of drug-likeness (QED) is 0.632. The van der Waals surface area contributed by atoms with Crippen molar-refractivity contribution >= 4 is 33.2 Å². The third-order valence-corrected chi connectivity index (χ3v) is 4.38. The number of aromatic nitrogens is 2. The van der Waals surface area contributed by atoms with Crippen LogP contribution in [0.5, 0.6) is 0 Å². The molecule has 102 valence electrons. The molecular formula is C14H9ClF2N2S. The van der Waals surface area contributed by atoms with Gasteiger partial charge in [-0.1, -0.05) is 18.5 Å². The van der Waals surface area contributed by atoms with Gasteiger partial charge in [0.25, 0.3) is 0 Å². The van der Waals surface area contributed by atoms with Crippen molar-refractivity contribution in [3.05, 3.63) is 45.9 Å². The van der Waals surface area contributed by atoms with Gasteiger partial charge in [-0.15, -0.1) is 11.3 Å². The molecule has 0 saturated carbocycles. The Morgan fingerprint density at radius 1 is 1.20 bits per heavy atom. The van der Waals surface area contributed by atoms with E-state index in [0.717, 1.165) is 34.9 Å². The van der Waals surface area contributed by atoms with E-state index < -0.39 is 11.6 Å². The third kappa shape index (κ3) is 2.27. The van der Waals surface area contributed by atoms with Crippen molar-refractivity contribution < 1.29 is 8.78 Å². The van der Waals surface area contributed by atoms with Crippen LogP contribution in [0.2, 0.25) is 5.15 Å². The smallest absolute Gasteiger partial charge is 0.165 e. The Morgan fingerprint density at radius 3 is 2.75 bits per heavy atom. The van der Waals surface area contributed by atoms with Crippen molar-refractivity contribution in [3.8, 4) is 11.4 Å². The molecule has 0 saturated heterocycles. The highest BCUT2D eigenvalue weighted by Gasteiger charge is 2.14. The van der Waals surface area contributed by atoms with Crippen LogP contribution in [0, 0.1) is 11.6 Å². The average Bonchev–Trinajstić information content (AvgIpc) is 2.85. The van der Waals surface area contributed by atoms with Crippen LogP contribution in [0.25, 0.3) is 21.6 Å². The van der Waals surface area contributed by atoms with Crippen molar-refractivity contribution in [1.29, 1.82) is 0 Å². The first-order valence-corrected chi connectivity index (χ1v) is 7.19. The molecule has 0 spiro atoms. The highest BCUT2D eigenvalue weighted by atomic mass is 35.5. The summed E-state index contributed by atoms with van der Waals surface area (Å²) in [6.07, 6.45) is 0.862. The number of fused-ring (bicyclic) bond motifs is 1. The molecule has 0 aliphatic carbocycles. The number of halogens is 3. The van der Waals surface area contributed by atoms with Gasteiger partial charge in [-0.05, 0) is 30.7 Å². The zero-order valence-electron chi connectivity index (χ0n) is 10.5. The Balaban J connectivity index is 2.24. The van der Waals surface area contributed by atoms with Gasteiger partial charge in [0.15, 0.2) is 5.82 Å². The molecule has 0 unspecified atom stereocenters. The Bertz CT molecular complexity index is 801. The second-order valence-electron chi connectivity index (χ2n) is 4.25. The lowest BCUT2D eigenvalue weighted by atomic mass is 10.2. The van der Waals surface area contributed by atoms with Crippen LogP contribution >= 0.6 is 22.9 Å². The van der Waals surface area contributed by atoms with Crippen LogP contribution in [0.3, 0.4) is 0 Å². The lowest BCUT2D eigenvalue weighted by Crippen LogP contribution is -1.93. The number of nitrogens with zero attached hydrogens (tertiary/aromatic N) is 2. The van der Waals surface area contributed by atoms with Crippen molar-refractivity contribution in [2.24, 2.45) is 0 Å². The standard InChI is InChI=1S/C14H9ClF2N2S/c1-2-8-6-10-12(15)18-13(19-14(10)20-8)9-5-7(16)3-4-11(9)17/h3-6H,2H2,1H3. The summed E-state index contributed by atoms with van der Waals surface area (Å²) in [4.78, 5) is 10.2. The van der Waals surface area contributed by atoms with Crippen LogP contribution in [0.4, 0.5) is 8.78 Å². The van der Waals surface area contributed by atoms with Gasteiger partial charge >= 0.3 is 0 Å². The molecule has 2 heterocycles. The fraction of sp³-hybridized carbons (Fsp3) is 0.143. The molecule has 2 nitrogen and oxygen atoms in total. The number of benzene rings is 1. The molecule has 0 atom stereocenters. The maximum absolute atomic E-state index is 13.8. The summed E-state index contributed by atoms with van der Waals surface area (Å²) < 4.78 is 27.0. The summed E-state index contributed by atoms with van der Waals surface area (Å²) in [5, 5.41) is 0.999. The molecule has 3 rings (SSSR count). The SMILES string of the molecule is CCc1cc2c(Cl)nc(-c3cc(F)ccc3F)nc2s1. The molecule has 0 aliphatic heterocycles. The second-order valence-corrected chi connectivity index (χ2v) is 5.72. The minimum atomic E-state index is -0.575. The third-order valence-electron chi connectivity index (χ3n) is 2.92. The van der Waals surface area contributed by atoms with E-state index in [1.54, 1.807) is 0 Å². The molecule has 1 aromatic carbocycles. The van der Waals surface area contributed by atoms with Crippen molar-refractivity contribution in [2.75, 3.05) is 0 Å². The molecule has 0 amide bonds. The second kappa shape index (κ2) is 5.07. The van der Waals surface area contributed by atoms with Gasteiger partial charge in [0.2, 0.25) is 0 Å². The highest BCUT2D eigenvalue weighted by Crippen LogP contribution is 2.32. The summed E-state index contributed by atoms with van der Waals surface area (Å²) in [5.41, 5.74) is 0.0141. The lowest BCUT2D eigenvalue weighted by molar-refractivity contribution is 0.602. The minimum absolute atomic E-state index is 0.0141. The van der Waals surface area contributed by atoms with Gasteiger partial charge in [-0.25, -0.2) is 18.7 Å². The minimum Gasteiger partial charge on any atom is -0.217 e. The van der Waals surface area contributed by atoms with E-state index in [4.69, 9.17) is 11.6 Å². The van der Waals surface area contributed by atoms with Gasteiger partial charge in [0.1, 0.15) is 21.6 Å². The van der Waals surface area contributed by atoms with Gasteiger partial charge in [0.05, 0.1) is 5.56 Å². The molecular weight excluding hydrogens is 302 g/mol. The molecule has 6 heteroatoms. The van der Waals surface area contributed by atoms with E-state index in [2.05, 4.69) is 9.97 Å². The topological polar surface area (TPSA) is 25.8 Å². The molecule has 0 fully saturated rings. The molecule has 0 aliphatic rings. The monoisotopic (exact) mass is 310 g/mol. The van der Waals surface area contributed by atoms with Gasteiger partial charge in [-0.3, -0.25) is 0 Å². The van der Waals surface area contributed by atoms with E-state index in [-0.39, 0.29) is 16.5 Å². The predicted octanol–water partition coefficient (Wildman–Crippen LogP) is 4.85. The van der Waals surface area contributed by atoms with Crippen molar-refractivity contribution in [2.45, 2.75) is 13.3 Å². The summed E-state index contributed by atoms with van der Waals surface area (Å²) >= 11 is 7.59. The van der Waals surface area contributed by atoms with E-state index in [1.807, 2.05) is 13.0 Å². The summed E-state index contributed by atoms with van der Waals surface area (Å²) in [7, 11) is 0. The van der Waals surface area contributed by atoms with Crippen molar-refractivity contribution in [3.63, 3.8) is 0 Å². The summed E-state index contributed by atoms with van der Waals surface area (Å²) in [5.74, 6) is -1.01. The van der Waals surface area contributed by atoms with Crippen LogP contribution in [-0.4, -0.2) is 9.97 Å². The summed E-state index contributed by atoms with van der Waals surface area (Å²) in [6.45, 7) is 2.03. The first-order valence-electron chi connectivity index (χ1n) is 6.00. The van der Waals surface area contributed by atoms with Gasteiger partial charge in [-0.2, -0.15) is 0 Å². The zero-order valence-corrected chi connectivity index (χ0v) is 12.0. The first-order chi connectivity index (χ1) is 9.58. The molecule has 2 aromatic heterocycles. The Hall–Kier alpha value is -1.59. The Labute approximate surface area is 123 Å². The van der Waals surface area contributed by atoms with E-state index in [9.17, 15) is 8.78 Å². The van der Waals surface area contributed by atoms with Crippen LogP contribution in [-0.2, 0) is 6.42 Å². The van der Waals surface area contributed by atoms with Gasteiger partial charge < -0.3 is 0 Å². The van der Waals surface area contributed by atoms with E-state index in [0.29, 0.717) is 4.83 Å². The average molecular weight is 311 g/mol. The van der Waals surface area contributed by atoms with Crippen LogP contribution in [0.1, 0.15) is 11.8 Å². The van der Waals surface area contributed by atoms with Crippen LogP contribution < -0.4 is 0 Å². The molecule has 0 N–H and O–H groups in total. The Kier molecular flexibility index (Phi) is 3.40. The Morgan fingerprint density at radius 2 is 2.00 bits per heavy atom. The summed E-state index contributed by atoms with van der Waals surface area (Å²) in [6, 6.07) is 5.10. The van der Waals surface area contributed by atoms with E-state index in [1.165, 1.54) is 11.3 Å². The predicted molar refractivity (Wildman–Crippen MR) is 77.2 cm³/mol. The largest absolute Gasteiger partial charge is 0.217 e.